The summed E-state index contributed by atoms with van der Waals surface area (Å²) in [5.41, 5.74) is 2.14. The fourth-order valence-corrected chi connectivity index (χ4v) is 3.08. The Kier molecular flexibility index (Phi) is 4.69. The van der Waals surface area contributed by atoms with Crippen molar-refractivity contribution in [2.24, 2.45) is 0 Å². The summed E-state index contributed by atoms with van der Waals surface area (Å²) in [6.07, 6.45) is 4.61. The minimum atomic E-state index is -0.924. The number of pyridine rings is 1. The molecular formula is C18H21N3O2. The number of nitrogens with zero attached hydrogens (tertiary/aromatic N) is 1. The Hall–Kier alpha value is -2.24. The van der Waals surface area contributed by atoms with Crippen molar-refractivity contribution in [3.8, 4) is 0 Å². The molecule has 1 atom stereocenters. The number of nitrogens with one attached hydrogen (secondary N) is 2. The summed E-state index contributed by atoms with van der Waals surface area (Å²) in [4.78, 5) is 15.3. The smallest absolute Gasteiger partial charge is 0.335 e. The fourth-order valence-electron chi connectivity index (χ4n) is 3.08. The van der Waals surface area contributed by atoms with Crippen LogP contribution in [0.3, 0.4) is 0 Å². The monoisotopic (exact) mass is 311 g/mol. The Balaban J connectivity index is 1.70. The van der Waals surface area contributed by atoms with E-state index in [1.54, 1.807) is 12.3 Å². The highest BCUT2D eigenvalue weighted by molar-refractivity contribution is 5.87. The first-order valence-electron chi connectivity index (χ1n) is 7.89. The second kappa shape index (κ2) is 6.89. The largest absolute Gasteiger partial charge is 0.478 e. The summed E-state index contributed by atoms with van der Waals surface area (Å²) in [6.45, 7) is 1.53. The lowest BCUT2D eigenvalue weighted by molar-refractivity contribution is 0.0696. The van der Waals surface area contributed by atoms with Gasteiger partial charge in [-0.1, -0.05) is 30.3 Å². The molecule has 0 amide bonds. The Morgan fingerprint density at radius 3 is 2.83 bits per heavy atom. The molecule has 120 valence electrons. The molecule has 0 aliphatic carbocycles. The first-order valence-corrected chi connectivity index (χ1v) is 7.89. The highest BCUT2D eigenvalue weighted by atomic mass is 16.4. The van der Waals surface area contributed by atoms with Crippen LogP contribution in [0.4, 0.5) is 0 Å². The van der Waals surface area contributed by atoms with Gasteiger partial charge in [-0.15, -0.1) is 0 Å². The van der Waals surface area contributed by atoms with Gasteiger partial charge < -0.3 is 5.11 Å². The lowest BCUT2D eigenvalue weighted by atomic mass is 9.97. The Labute approximate surface area is 135 Å². The molecule has 1 fully saturated rings. The predicted molar refractivity (Wildman–Crippen MR) is 88.1 cm³/mol. The van der Waals surface area contributed by atoms with E-state index in [2.05, 4.69) is 39.9 Å². The first-order chi connectivity index (χ1) is 11.2. The van der Waals surface area contributed by atoms with Gasteiger partial charge in [0.15, 0.2) is 0 Å². The Bertz CT molecular complexity index is 667. The zero-order valence-electron chi connectivity index (χ0n) is 13.0. The summed E-state index contributed by atoms with van der Waals surface area (Å²) in [5.74, 6) is -0.924. The van der Waals surface area contributed by atoms with Crippen molar-refractivity contribution in [2.75, 3.05) is 6.54 Å². The molecule has 0 bridgehead atoms. The van der Waals surface area contributed by atoms with Crippen LogP contribution < -0.4 is 10.6 Å². The molecule has 1 aliphatic heterocycles. The van der Waals surface area contributed by atoms with Crippen LogP contribution in [0, 0.1) is 0 Å². The second-order valence-corrected chi connectivity index (χ2v) is 5.97. The third-order valence-corrected chi connectivity index (χ3v) is 4.26. The van der Waals surface area contributed by atoms with E-state index in [1.165, 1.54) is 11.6 Å². The number of aromatic carboxylic acids is 1. The zero-order chi connectivity index (χ0) is 16.1. The molecule has 2 heterocycles. The lowest BCUT2D eigenvalue weighted by Crippen LogP contribution is -2.54. The molecule has 1 aliphatic rings. The Morgan fingerprint density at radius 1 is 1.30 bits per heavy atom. The molecule has 1 aromatic carbocycles. The van der Waals surface area contributed by atoms with E-state index in [9.17, 15) is 4.79 Å². The van der Waals surface area contributed by atoms with E-state index < -0.39 is 5.97 Å². The average Bonchev–Trinajstić information content (AvgIpc) is 3.03. The topological polar surface area (TPSA) is 74.2 Å². The summed E-state index contributed by atoms with van der Waals surface area (Å²) in [5, 5.41) is 16.2. The molecule has 1 saturated heterocycles. The maximum absolute atomic E-state index is 11.1. The van der Waals surface area contributed by atoms with Crippen molar-refractivity contribution in [1.29, 1.82) is 0 Å². The fraction of sp³-hybridized carbons (Fsp3) is 0.333. The van der Waals surface area contributed by atoms with E-state index in [-0.39, 0.29) is 11.2 Å². The van der Waals surface area contributed by atoms with Gasteiger partial charge in [0.2, 0.25) is 0 Å². The van der Waals surface area contributed by atoms with E-state index in [1.807, 2.05) is 6.07 Å². The maximum atomic E-state index is 11.1. The maximum Gasteiger partial charge on any atom is 0.335 e. The molecule has 23 heavy (non-hydrogen) atoms. The molecule has 3 N–H and O–H groups in total. The van der Waals surface area contributed by atoms with Gasteiger partial charge in [-0.3, -0.25) is 15.6 Å². The van der Waals surface area contributed by atoms with Crippen molar-refractivity contribution in [3.05, 3.63) is 65.5 Å². The number of carbonyl (C=O) groups is 1. The molecule has 2 aromatic rings. The molecular weight excluding hydrogens is 290 g/mol. The number of rotatable bonds is 6. The van der Waals surface area contributed by atoms with Crippen LogP contribution in [0.2, 0.25) is 0 Å². The quantitative estimate of drug-likeness (QED) is 0.762. The van der Waals surface area contributed by atoms with Crippen LogP contribution in [0.25, 0.3) is 0 Å². The third-order valence-electron chi connectivity index (χ3n) is 4.26. The SMILES string of the molecule is O=C(O)c1ccnc(CNC2(Cc3ccccc3)CCCN2)c1. The van der Waals surface area contributed by atoms with Crippen LogP contribution in [-0.4, -0.2) is 28.3 Å². The normalized spacial score (nSPS) is 20.5. The summed E-state index contributed by atoms with van der Waals surface area (Å²) < 4.78 is 0. The van der Waals surface area contributed by atoms with Gasteiger partial charge in [0.1, 0.15) is 0 Å². The van der Waals surface area contributed by atoms with Crippen LogP contribution in [-0.2, 0) is 13.0 Å². The van der Waals surface area contributed by atoms with Gasteiger partial charge >= 0.3 is 5.97 Å². The zero-order valence-corrected chi connectivity index (χ0v) is 13.0. The molecule has 1 aromatic heterocycles. The number of benzene rings is 1. The first kappa shape index (κ1) is 15.6. The molecule has 3 rings (SSSR count). The van der Waals surface area contributed by atoms with Crippen LogP contribution >= 0.6 is 0 Å². The van der Waals surface area contributed by atoms with Crippen molar-refractivity contribution in [1.82, 2.24) is 15.6 Å². The van der Waals surface area contributed by atoms with E-state index in [0.29, 0.717) is 6.54 Å². The van der Waals surface area contributed by atoms with Gasteiger partial charge in [-0.05, 0) is 37.1 Å². The highest BCUT2D eigenvalue weighted by Gasteiger charge is 2.32. The summed E-state index contributed by atoms with van der Waals surface area (Å²) >= 11 is 0. The van der Waals surface area contributed by atoms with Gasteiger partial charge in [-0.25, -0.2) is 4.79 Å². The van der Waals surface area contributed by atoms with Crippen molar-refractivity contribution in [3.63, 3.8) is 0 Å². The van der Waals surface area contributed by atoms with Crippen molar-refractivity contribution < 1.29 is 9.90 Å². The van der Waals surface area contributed by atoms with Crippen molar-refractivity contribution >= 4 is 5.97 Å². The molecule has 0 spiro atoms. The van der Waals surface area contributed by atoms with Gasteiger partial charge in [0, 0.05) is 19.2 Å². The predicted octanol–water partition coefficient (Wildman–Crippen LogP) is 2.19. The number of carboxylic acids is 1. The lowest BCUT2D eigenvalue weighted by Gasteiger charge is -2.31. The molecule has 0 radical (unpaired) electrons. The number of hydrogen-bond donors (Lipinski definition) is 3. The van der Waals surface area contributed by atoms with Crippen molar-refractivity contribution in [2.45, 2.75) is 31.5 Å². The third kappa shape index (κ3) is 3.94. The Morgan fingerprint density at radius 2 is 2.13 bits per heavy atom. The number of aromatic nitrogens is 1. The molecule has 1 unspecified atom stereocenters. The van der Waals surface area contributed by atoms with Crippen LogP contribution in [0.1, 0.15) is 34.5 Å². The van der Waals surface area contributed by atoms with E-state index >= 15 is 0 Å². The minimum Gasteiger partial charge on any atom is -0.478 e. The second-order valence-electron chi connectivity index (χ2n) is 5.97. The summed E-state index contributed by atoms with van der Waals surface area (Å²) in [7, 11) is 0. The summed E-state index contributed by atoms with van der Waals surface area (Å²) in [6, 6.07) is 13.5. The van der Waals surface area contributed by atoms with Gasteiger partial charge in [0.05, 0.1) is 16.9 Å². The van der Waals surface area contributed by atoms with Gasteiger partial charge in [-0.2, -0.15) is 0 Å². The number of hydrogen-bond acceptors (Lipinski definition) is 4. The highest BCUT2D eigenvalue weighted by Crippen LogP contribution is 2.22. The van der Waals surface area contributed by atoms with Crippen LogP contribution in [0.5, 0.6) is 0 Å². The molecule has 5 heteroatoms. The van der Waals surface area contributed by atoms with E-state index in [4.69, 9.17) is 5.11 Å². The minimum absolute atomic E-state index is 0.151. The van der Waals surface area contributed by atoms with E-state index in [0.717, 1.165) is 31.5 Å². The van der Waals surface area contributed by atoms with Gasteiger partial charge in [0.25, 0.3) is 0 Å². The average molecular weight is 311 g/mol. The van der Waals surface area contributed by atoms with Crippen LogP contribution in [0.15, 0.2) is 48.7 Å². The molecule has 0 saturated carbocycles. The number of carboxylic acid groups (broad SMARTS) is 1. The standard InChI is InChI=1S/C18H21N3O2/c22-17(23)15-7-10-19-16(11-15)13-21-18(8-4-9-20-18)12-14-5-2-1-3-6-14/h1-3,5-7,10-11,20-21H,4,8-9,12-13H2,(H,22,23). The molecule has 5 nitrogen and oxygen atoms in total.